The van der Waals surface area contributed by atoms with E-state index in [0.29, 0.717) is 16.3 Å². The van der Waals surface area contributed by atoms with Crippen molar-refractivity contribution in [3.05, 3.63) is 64.4 Å². The van der Waals surface area contributed by atoms with E-state index in [2.05, 4.69) is 5.43 Å². The molecular weight excluding hydrogens is 267 g/mol. The Bertz CT molecular complexity index is 577. The first-order valence-corrected chi connectivity index (χ1v) is 6.09. The van der Waals surface area contributed by atoms with Crippen LogP contribution in [0.4, 0.5) is 4.39 Å². The fourth-order valence-electron chi connectivity index (χ4n) is 1.99. The first kappa shape index (κ1) is 13.8. The maximum absolute atomic E-state index is 13.4. The van der Waals surface area contributed by atoms with Gasteiger partial charge in [0.05, 0.1) is 13.2 Å². The lowest BCUT2D eigenvalue weighted by Gasteiger charge is -2.20. The van der Waals surface area contributed by atoms with Crippen LogP contribution in [0.1, 0.15) is 17.2 Å². The number of halogens is 2. The number of nitrogens with two attached hydrogens (primary N) is 1. The molecule has 2 aromatic rings. The summed E-state index contributed by atoms with van der Waals surface area (Å²) in [4.78, 5) is 0. The maximum atomic E-state index is 13.4. The molecule has 0 aromatic heterocycles. The molecule has 2 rings (SSSR count). The highest BCUT2D eigenvalue weighted by atomic mass is 35.5. The van der Waals surface area contributed by atoms with Crippen molar-refractivity contribution >= 4 is 11.6 Å². The van der Waals surface area contributed by atoms with Gasteiger partial charge < -0.3 is 4.74 Å². The third kappa shape index (κ3) is 2.87. The van der Waals surface area contributed by atoms with E-state index in [9.17, 15) is 4.39 Å². The Hall–Kier alpha value is -1.62. The summed E-state index contributed by atoms with van der Waals surface area (Å²) >= 11 is 6.15. The predicted octanol–water partition coefficient (Wildman–Crippen LogP) is 3.04. The van der Waals surface area contributed by atoms with Gasteiger partial charge in [-0.3, -0.25) is 5.84 Å². The Labute approximate surface area is 116 Å². The monoisotopic (exact) mass is 280 g/mol. The minimum atomic E-state index is -0.445. The van der Waals surface area contributed by atoms with E-state index in [1.807, 2.05) is 18.2 Å². The van der Waals surface area contributed by atoms with Crippen LogP contribution in [0.5, 0.6) is 5.75 Å². The van der Waals surface area contributed by atoms with Gasteiger partial charge in [0.25, 0.3) is 0 Å². The summed E-state index contributed by atoms with van der Waals surface area (Å²) in [7, 11) is 1.52. The highest BCUT2D eigenvalue weighted by Gasteiger charge is 2.19. The van der Waals surface area contributed by atoms with Crippen LogP contribution in [0.3, 0.4) is 0 Å². The molecule has 5 heteroatoms. The SMILES string of the molecule is COc1ccc(F)cc1C(NN)c1ccccc1Cl. The van der Waals surface area contributed by atoms with E-state index >= 15 is 0 Å². The van der Waals surface area contributed by atoms with E-state index in [1.54, 1.807) is 12.1 Å². The Morgan fingerprint density at radius 1 is 1.21 bits per heavy atom. The normalized spacial score (nSPS) is 12.2. The van der Waals surface area contributed by atoms with Crippen LogP contribution in [-0.4, -0.2) is 7.11 Å². The molecule has 0 aliphatic heterocycles. The van der Waals surface area contributed by atoms with Gasteiger partial charge in [-0.15, -0.1) is 0 Å². The van der Waals surface area contributed by atoms with Crippen molar-refractivity contribution in [2.45, 2.75) is 6.04 Å². The molecule has 0 bridgehead atoms. The molecule has 0 aliphatic carbocycles. The molecular formula is C14H14ClFN2O. The minimum absolute atomic E-state index is 0.358. The Kier molecular flexibility index (Phi) is 4.37. The molecule has 0 aliphatic rings. The van der Waals surface area contributed by atoms with Crippen molar-refractivity contribution in [2.24, 2.45) is 5.84 Å². The zero-order valence-electron chi connectivity index (χ0n) is 10.4. The molecule has 2 aromatic carbocycles. The van der Waals surface area contributed by atoms with E-state index in [4.69, 9.17) is 22.2 Å². The Balaban J connectivity index is 2.54. The van der Waals surface area contributed by atoms with Crippen molar-refractivity contribution in [1.29, 1.82) is 0 Å². The molecule has 0 saturated carbocycles. The zero-order valence-corrected chi connectivity index (χ0v) is 11.1. The van der Waals surface area contributed by atoms with Gasteiger partial charge >= 0.3 is 0 Å². The van der Waals surface area contributed by atoms with Crippen LogP contribution in [-0.2, 0) is 0 Å². The summed E-state index contributed by atoms with van der Waals surface area (Å²) in [5, 5.41) is 0.553. The molecule has 100 valence electrons. The summed E-state index contributed by atoms with van der Waals surface area (Å²) in [5.41, 5.74) is 4.00. The van der Waals surface area contributed by atoms with E-state index in [0.717, 1.165) is 5.56 Å². The first-order valence-electron chi connectivity index (χ1n) is 5.71. The summed E-state index contributed by atoms with van der Waals surface area (Å²) < 4.78 is 18.7. The maximum Gasteiger partial charge on any atom is 0.124 e. The number of rotatable bonds is 4. The van der Waals surface area contributed by atoms with E-state index in [-0.39, 0.29) is 5.82 Å². The summed E-state index contributed by atoms with van der Waals surface area (Å²) in [6, 6.07) is 11.1. The van der Waals surface area contributed by atoms with Crippen molar-refractivity contribution in [3.8, 4) is 5.75 Å². The van der Waals surface area contributed by atoms with E-state index < -0.39 is 6.04 Å². The summed E-state index contributed by atoms with van der Waals surface area (Å²) in [6.07, 6.45) is 0. The average Bonchev–Trinajstić information content (AvgIpc) is 2.42. The van der Waals surface area contributed by atoms with Crippen molar-refractivity contribution < 1.29 is 9.13 Å². The predicted molar refractivity (Wildman–Crippen MR) is 73.6 cm³/mol. The van der Waals surface area contributed by atoms with Crippen LogP contribution in [0, 0.1) is 5.82 Å². The molecule has 0 radical (unpaired) electrons. The lowest BCUT2D eigenvalue weighted by molar-refractivity contribution is 0.402. The third-order valence-corrected chi connectivity index (χ3v) is 3.23. The number of benzene rings is 2. The second-order valence-corrected chi connectivity index (χ2v) is 4.41. The van der Waals surface area contributed by atoms with Gasteiger partial charge in [-0.05, 0) is 29.8 Å². The Morgan fingerprint density at radius 2 is 1.95 bits per heavy atom. The second kappa shape index (κ2) is 6.02. The molecule has 3 nitrogen and oxygen atoms in total. The van der Waals surface area contributed by atoms with E-state index in [1.165, 1.54) is 19.2 Å². The first-order chi connectivity index (χ1) is 9.17. The van der Waals surface area contributed by atoms with Gasteiger partial charge in [0.15, 0.2) is 0 Å². The average molecular weight is 281 g/mol. The van der Waals surface area contributed by atoms with Crippen molar-refractivity contribution in [2.75, 3.05) is 7.11 Å². The van der Waals surface area contributed by atoms with Crippen LogP contribution >= 0.6 is 11.6 Å². The second-order valence-electron chi connectivity index (χ2n) is 4.01. The summed E-state index contributed by atoms with van der Waals surface area (Å²) in [5.74, 6) is 5.78. The number of methoxy groups -OCH3 is 1. The fourth-order valence-corrected chi connectivity index (χ4v) is 2.23. The number of hydrazine groups is 1. The molecule has 0 saturated heterocycles. The van der Waals surface area contributed by atoms with Crippen molar-refractivity contribution in [1.82, 2.24) is 5.43 Å². The third-order valence-electron chi connectivity index (χ3n) is 2.89. The van der Waals surface area contributed by atoms with Crippen LogP contribution in [0.2, 0.25) is 5.02 Å². The smallest absolute Gasteiger partial charge is 0.124 e. The van der Waals surface area contributed by atoms with Crippen LogP contribution in [0.25, 0.3) is 0 Å². The molecule has 3 N–H and O–H groups in total. The number of hydrogen-bond donors (Lipinski definition) is 2. The zero-order chi connectivity index (χ0) is 13.8. The molecule has 19 heavy (non-hydrogen) atoms. The quantitative estimate of drug-likeness (QED) is 0.668. The lowest BCUT2D eigenvalue weighted by atomic mass is 9.98. The molecule has 1 atom stereocenters. The standard InChI is InChI=1S/C14H14ClFN2O/c1-19-13-7-6-9(16)8-11(13)14(18-17)10-4-2-3-5-12(10)15/h2-8,14,18H,17H2,1H3. The fraction of sp³-hybridized carbons (Fsp3) is 0.143. The van der Waals surface area contributed by atoms with Crippen molar-refractivity contribution in [3.63, 3.8) is 0 Å². The van der Waals surface area contributed by atoms with Gasteiger partial charge in [-0.25, -0.2) is 9.82 Å². The molecule has 0 spiro atoms. The van der Waals surface area contributed by atoms with Crippen LogP contribution in [0.15, 0.2) is 42.5 Å². The highest BCUT2D eigenvalue weighted by Crippen LogP contribution is 2.33. The van der Waals surface area contributed by atoms with Gasteiger partial charge in [0.1, 0.15) is 11.6 Å². The molecule has 1 unspecified atom stereocenters. The van der Waals surface area contributed by atoms with Gasteiger partial charge in [0.2, 0.25) is 0 Å². The van der Waals surface area contributed by atoms with Gasteiger partial charge in [-0.2, -0.15) is 0 Å². The van der Waals surface area contributed by atoms with Crippen LogP contribution < -0.4 is 16.0 Å². The Morgan fingerprint density at radius 3 is 2.58 bits per heavy atom. The lowest BCUT2D eigenvalue weighted by Crippen LogP contribution is -2.29. The largest absolute Gasteiger partial charge is 0.496 e. The number of nitrogens with one attached hydrogen (secondary N) is 1. The molecule has 0 amide bonds. The molecule has 0 heterocycles. The summed E-state index contributed by atoms with van der Waals surface area (Å²) in [6.45, 7) is 0. The topological polar surface area (TPSA) is 47.3 Å². The van der Waals surface area contributed by atoms with Gasteiger partial charge in [-0.1, -0.05) is 29.8 Å². The number of ether oxygens (including phenoxy) is 1. The highest BCUT2D eigenvalue weighted by molar-refractivity contribution is 6.31. The van der Waals surface area contributed by atoms with Gasteiger partial charge in [0, 0.05) is 10.6 Å². The molecule has 0 fully saturated rings. The minimum Gasteiger partial charge on any atom is -0.496 e. The number of hydrogen-bond acceptors (Lipinski definition) is 3.